The molecule has 2 aromatic rings. The fourth-order valence-electron chi connectivity index (χ4n) is 1.56. The van der Waals surface area contributed by atoms with E-state index in [1.165, 1.54) is 5.56 Å². The summed E-state index contributed by atoms with van der Waals surface area (Å²) >= 11 is 0. The summed E-state index contributed by atoms with van der Waals surface area (Å²) < 4.78 is 1.60. The minimum atomic E-state index is 0.345. The molecule has 82 valence electrons. The lowest BCUT2D eigenvalue weighted by atomic mass is 10.1. The van der Waals surface area contributed by atoms with Crippen LogP contribution in [0, 0.1) is 0 Å². The summed E-state index contributed by atoms with van der Waals surface area (Å²) in [6.45, 7) is 2.15. The Morgan fingerprint density at radius 2 is 2.06 bits per heavy atom. The average Bonchev–Trinajstić information content (AvgIpc) is 2.79. The van der Waals surface area contributed by atoms with Crippen molar-refractivity contribution in [2.75, 3.05) is 0 Å². The molecule has 0 unspecified atom stereocenters. The van der Waals surface area contributed by atoms with Gasteiger partial charge in [-0.1, -0.05) is 30.7 Å². The molecule has 0 saturated heterocycles. The second-order valence-electron chi connectivity index (χ2n) is 3.62. The first-order chi connectivity index (χ1) is 7.83. The number of carbonyl (C=O) groups is 1. The fourth-order valence-corrected chi connectivity index (χ4v) is 1.56. The Kier molecular flexibility index (Phi) is 3.10. The van der Waals surface area contributed by atoms with E-state index in [4.69, 9.17) is 0 Å². The van der Waals surface area contributed by atoms with Gasteiger partial charge in [0.15, 0.2) is 6.29 Å². The third kappa shape index (κ3) is 2.16. The highest BCUT2D eigenvalue weighted by molar-refractivity contribution is 5.70. The maximum absolute atomic E-state index is 10.5. The largest absolute Gasteiger partial charge is 0.296 e. The lowest BCUT2D eigenvalue weighted by Gasteiger charge is -2.01. The van der Waals surface area contributed by atoms with Crippen LogP contribution in [0.4, 0.5) is 0 Å². The second kappa shape index (κ2) is 4.70. The third-order valence-corrected chi connectivity index (χ3v) is 2.37. The third-order valence-electron chi connectivity index (χ3n) is 2.37. The van der Waals surface area contributed by atoms with Gasteiger partial charge in [-0.3, -0.25) is 4.79 Å². The van der Waals surface area contributed by atoms with Crippen LogP contribution in [0.25, 0.3) is 5.69 Å². The zero-order chi connectivity index (χ0) is 11.4. The number of aryl methyl sites for hydroxylation is 1. The van der Waals surface area contributed by atoms with Gasteiger partial charge in [0.1, 0.15) is 5.69 Å². The Morgan fingerprint density at radius 1 is 1.31 bits per heavy atom. The Labute approximate surface area is 93.9 Å². The van der Waals surface area contributed by atoms with Gasteiger partial charge in [0.05, 0.1) is 11.9 Å². The quantitative estimate of drug-likeness (QED) is 0.733. The molecule has 1 aromatic heterocycles. The summed E-state index contributed by atoms with van der Waals surface area (Å²) in [4.78, 5) is 10.5. The normalized spacial score (nSPS) is 10.3. The van der Waals surface area contributed by atoms with Crippen molar-refractivity contribution in [2.45, 2.75) is 19.8 Å². The standard InChI is InChI=1S/C12H13N3O/c1-2-3-10-4-6-12(7-5-10)15-8-11(9-16)13-14-15/h4-9H,2-3H2,1H3. The first-order valence-electron chi connectivity index (χ1n) is 5.30. The summed E-state index contributed by atoms with van der Waals surface area (Å²) in [5.41, 5.74) is 2.57. The van der Waals surface area contributed by atoms with Crippen LogP contribution < -0.4 is 0 Å². The smallest absolute Gasteiger partial charge is 0.171 e. The van der Waals surface area contributed by atoms with Crippen LogP contribution in [-0.4, -0.2) is 21.3 Å². The van der Waals surface area contributed by atoms with Crippen molar-refractivity contribution in [1.29, 1.82) is 0 Å². The minimum absolute atomic E-state index is 0.345. The molecule has 0 aliphatic heterocycles. The van der Waals surface area contributed by atoms with E-state index in [0.717, 1.165) is 18.5 Å². The van der Waals surface area contributed by atoms with Crippen LogP contribution in [0.2, 0.25) is 0 Å². The molecule has 0 N–H and O–H groups in total. The summed E-state index contributed by atoms with van der Waals surface area (Å²) in [6.07, 6.45) is 4.52. The predicted octanol–water partition coefficient (Wildman–Crippen LogP) is 2.03. The first kappa shape index (κ1) is 10.5. The molecule has 0 saturated carbocycles. The Balaban J connectivity index is 2.23. The average molecular weight is 215 g/mol. The number of carbonyl (C=O) groups excluding carboxylic acids is 1. The van der Waals surface area contributed by atoms with Crippen molar-refractivity contribution < 1.29 is 4.79 Å². The van der Waals surface area contributed by atoms with Crippen LogP contribution in [-0.2, 0) is 6.42 Å². The molecule has 0 radical (unpaired) electrons. The molecular weight excluding hydrogens is 202 g/mol. The predicted molar refractivity (Wildman–Crippen MR) is 60.7 cm³/mol. The Hall–Kier alpha value is -1.97. The number of nitrogens with zero attached hydrogens (tertiary/aromatic N) is 3. The minimum Gasteiger partial charge on any atom is -0.296 e. The van der Waals surface area contributed by atoms with Crippen molar-refractivity contribution >= 4 is 6.29 Å². The highest BCUT2D eigenvalue weighted by Gasteiger charge is 2.01. The van der Waals surface area contributed by atoms with Crippen molar-refractivity contribution in [3.8, 4) is 5.69 Å². The molecule has 1 heterocycles. The summed E-state index contributed by atoms with van der Waals surface area (Å²) in [7, 11) is 0. The van der Waals surface area contributed by atoms with Gasteiger partial charge >= 0.3 is 0 Å². The molecular formula is C12H13N3O. The van der Waals surface area contributed by atoms with Crippen LogP contribution in [0.5, 0.6) is 0 Å². The second-order valence-corrected chi connectivity index (χ2v) is 3.62. The Bertz CT molecular complexity index is 473. The molecule has 0 atom stereocenters. The van der Waals surface area contributed by atoms with Crippen molar-refractivity contribution in [3.05, 3.63) is 41.7 Å². The van der Waals surface area contributed by atoms with E-state index in [9.17, 15) is 4.79 Å². The topological polar surface area (TPSA) is 47.8 Å². The zero-order valence-electron chi connectivity index (χ0n) is 9.13. The molecule has 1 aromatic carbocycles. The number of aldehydes is 1. The van der Waals surface area contributed by atoms with E-state index in [1.807, 2.05) is 12.1 Å². The van der Waals surface area contributed by atoms with E-state index in [-0.39, 0.29) is 0 Å². The van der Waals surface area contributed by atoms with E-state index in [2.05, 4.69) is 29.4 Å². The zero-order valence-corrected chi connectivity index (χ0v) is 9.13. The monoisotopic (exact) mass is 215 g/mol. The first-order valence-corrected chi connectivity index (χ1v) is 5.30. The molecule has 4 heteroatoms. The van der Waals surface area contributed by atoms with Gasteiger partial charge in [0.2, 0.25) is 0 Å². The number of hydrogen-bond donors (Lipinski definition) is 0. The fraction of sp³-hybridized carbons (Fsp3) is 0.250. The Morgan fingerprint density at radius 3 is 2.62 bits per heavy atom. The van der Waals surface area contributed by atoms with E-state index in [1.54, 1.807) is 10.9 Å². The number of hydrogen-bond acceptors (Lipinski definition) is 3. The summed E-state index contributed by atoms with van der Waals surface area (Å²) in [5, 5.41) is 7.58. The van der Waals surface area contributed by atoms with E-state index >= 15 is 0 Å². The van der Waals surface area contributed by atoms with Gasteiger partial charge in [-0.15, -0.1) is 5.10 Å². The van der Waals surface area contributed by atoms with Crippen LogP contribution >= 0.6 is 0 Å². The molecule has 0 aliphatic rings. The highest BCUT2D eigenvalue weighted by Crippen LogP contribution is 2.10. The van der Waals surface area contributed by atoms with Gasteiger partial charge in [0, 0.05) is 0 Å². The van der Waals surface area contributed by atoms with Crippen molar-refractivity contribution in [1.82, 2.24) is 15.0 Å². The van der Waals surface area contributed by atoms with E-state index < -0.39 is 0 Å². The van der Waals surface area contributed by atoms with Gasteiger partial charge in [-0.05, 0) is 24.1 Å². The lowest BCUT2D eigenvalue weighted by Crippen LogP contribution is -1.95. The molecule has 0 bridgehead atoms. The number of rotatable bonds is 4. The maximum Gasteiger partial charge on any atom is 0.171 e. The molecule has 2 rings (SSSR count). The van der Waals surface area contributed by atoms with Crippen molar-refractivity contribution in [3.63, 3.8) is 0 Å². The summed E-state index contributed by atoms with van der Waals surface area (Å²) in [5.74, 6) is 0. The highest BCUT2D eigenvalue weighted by atomic mass is 16.1. The molecule has 0 aliphatic carbocycles. The molecule has 16 heavy (non-hydrogen) atoms. The molecule has 0 amide bonds. The molecule has 0 spiro atoms. The molecule has 4 nitrogen and oxygen atoms in total. The van der Waals surface area contributed by atoms with Crippen LogP contribution in [0.15, 0.2) is 30.5 Å². The van der Waals surface area contributed by atoms with Gasteiger partial charge in [-0.2, -0.15) is 0 Å². The molecule has 0 fully saturated rings. The number of aromatic nitrogens is 3. The van der Waals surface area contributed by atoms with Gasteiger partial charge in [-0.25, -0.2) is 4.68 Å². The van der Waals surface area contributed by atoms with E-state index in [0.29, 0.717) is 12.0 Å². The lowest BCUT2D eigenvalue weighted by molar-refractivity contribution is 0.111. The SMILES string of the molecule is CCCc1ccc(-n2cc(C=O)nn2)cc1. The van der Waals surface area contributed by atoms with Crippen LogP contribution in [0.1, 0.15) is 29.4 Å². The van der Waals surface area contributed by atoms with Gasteiger partial charge < -0.3 is 0 Å². The summed E-state index contributed by atoms with van der Waals surface area (Å²) in [6, 6.07) is 8.10. The van der Waals surface area contributed by atoms with Gasteiger partial charge in [0.25, 0.3) is 0 Å². The maximum atomic E-state index is 10.5. The van der Waals surface area contributed by atoms with Crippen LogP contribution in [0.3, 0.4) is 0 Å². The van der Waals surface area contributed by atoms with Crippen molar-refractivity contribution in [2.24, 2.45) is 0 Å². The number of benzene rings is 1.